The molecule has 31 heavy (non-hydrogen) atoms. The summed E-state index contributed by atoms with van der Waals surface area (Å²) in [6, 6.07) is 9.06. The molecule has 2 heterocycles. The van der Waals surface area contributed by atoms with Gasteiger partial charge in [-0.2, -0.15) is 5.10 Å². The number of hydrogen-bond acceptors (Lipinski definition) is 4. The highest BCUT2D eigenvalue weighted by Gasteiger charge is 2.28. The molecule has 1 atom stereocenters. The summed E-state index contributed by atoms with van der Waals surface area (Å²) in [6.45, 7) is 2.77. The number of nitrogens with one attached hydrogen (secondary N) is 2. The van der Waals surface area contributed by atoms with Gasteiger partial charge in [0.25, 0.3) is 5.91 Å². The second-order valence-electron chi connectivity index (χ2n) is 7.46. The van der Waals surface area contributed by atoms with E-state index in [0.717, 1.165) is 11.5 Å². The van der Waals surface area contributed by atoms with Crippen LogP contribution in [0.2, 0.25) is 10.0 Å². The Kier molecular flexibility index (Phi) is 7.03. The monoisotopic (exact) mass is 585 g/mol. The molecule has 1 saturated carbocycles. The topological polar surface area (TPSA) is 71.8 Å². The van der Waals surface area contributed by atoms with Crippen LogP contribution < -0.4 is 10.6 Å². The van der Waals surface area contributed by atoms with Crippen LogP contribution in [0.1, 0.15) is 35.8 Å². The Morgan fingerprint density at radius 2 is 2.06 bits per heavy atom. The van der Waals surface area contributed by atoms with Gasteiger partial charge in [0.05, 0.1) is 10.7 Å². The van der Waals surface area contributed by atoms with Crippen LogP contribution in [0, 0.1) is 5.92 Å². The normalized spacial score (nSPS) is 14.5. The molecule has 2 N–H and O–H groups in total. The Morgan fingerprint density at radius 1 is 1.29 bits per heavy atom. The second kappa shape index (κ2) is 9.58. The van der Waals surface area contributed by atoms with Crippen molar-refractivity contribution in [3.8, 4) is 5.82 Å². The average molecular weight is 588 g/mol. The minimum absolute atomic E-state index is 0.291. The number of anilines is 1. The number of benzene rings is 1. The number of nitrogens with zero attached hydrogens (tertiary/aromatic N) is 3. The lowest BCUT2D eigenvalue weighted by molar-refractivity contribution is 0.101. The first-order chi connectivity index (χ1) is 14.8. The molecule has 1 aliphatic rings. The summed E-state index contributed by atoms with van der Waals surface area (Å²) in [7, 11) is 0. The van der Waals surface area contributed by atoms with E-state index in [1.54, 1.807) is 30.5 Å². The van der Waals surface area contributed by atoms with E-state index in [1.807, 2.05) is 6.07 Å². The van der Waals surface area contributed by atoms with Crippen molar-refractivity contribution < 1.29 is 4.79 Å². The lowest BCUT2D eigenvalue weighted by Crippen LogP contribution is -2.28. The van der Waals surface area contributed by atoms with E-state index in [4.69, 9.17) is 23.2 Å². The highest BCUT2D eigenvalue weighted by molar-refractivity contribution is 9.10. The predicted molar refractivity (Wildman–Crippen MR) is 130 cm³/mol. The van der Waals surface area contributed by atoms with Crippen LogP contribution >= 0.6 is 55.1 Å². The van der Waals surface area contributed by atoms with Crippen molar-refractivity contribution in [2.24, 2.45) is 5.92 Å². The highest BCUT2D eigenvalue weighted by Crippen LogP contribution is 2.34. The number of pyridine rings is 1. The number of carbonyl (C=O) groups excluding carboxylic acids is 1. The zero-order valence-electron chi connectivity index (χ0n) is 16.5. The van der Waals surface area contributed by atoms with Crippen LogP contribution in [0.5, 0.6) is 0 Å². The molecule has 10 heteroatoms. The number of amides is 1. The van der Waals surface area contributed by atoms with Gasteiger partial charge in [-0.05, 0) is 87.4 Å². The van der Waals surface area contributed by atoms with Crippen LogP contribution in [-0.4, -0.2) is 26.7 Å². The molecule has 3 aromatic rings. The summed E-state index contributed by atoms with van der Waals surface area (Å²) in [4.78, 5) is 17.5. The van der Waals surface area contributed by atoms with E-state index in [-0.39, 0.29) is 5.91 Å². The second-order valence-corrected chi connectivity index (χ2v) is 9.97. The van der Waals surface area contributed by atoms with Gasteiger partial charge in [0, 0.05) is 34.3 Å². The van der Waals surface area contributed by atoms with E-state index < -0.39 is 0 Å². The Hall–Kier alpha value is -1.45. The Balaban J connectivity index is 1.63. The van der Waals surface area contributed by atoms with Gasteiger partial charge in [-0.25, -0.2) is 9.67 Å². The first kappa shape index (κ1) is 22.7. The summed E-state index contributed by atoms with van der Waals surface area (Å²) in [5.41, 5.74) is 1.83. The largest absolute Gasteiger partial charge is 0.319 e. The molecule has 0 spiro atoms. The molecule has 1 aliphatic carbocycles. The number of aromatic nitrogens is 3. The van der Waals surface area contributed by atoms with Crippen molar-refractivity contribution in [1.29, 1.82) is 0 Å². The molecule has 0 radical (unpaired) electrons. The first-order valence-corrected chi connectivity index (χ1v) is 12.1. The van der Waals surface area contributed by atoms with Crippen LogP contribution in [-0.2, 0) is 6.54 Å². The fraction of sp³-hybridized carbons (Fsp3) is 0.286. The highest BCUT2D eigenvalue weighted by atomic mass is 79.9. The number of carbonyl (C=O) groups is 1. The van der Waals surface area contributed by atoms with Crippen molar-refractivity contribution in [3.05, 3.63) is 66.9 Å². The van der Waals surface area contributed by atoms with Gasteiger partial charge in [0.1, 0.15) is 10.3 Å². The number of hydrogen-bond donors (Lipinski definition) is 2. The van der Waals surface area contributed by atoms with Crippen LogP contribution in [0.15, 0.2) is 45.6 Å². The molecule has 2 aromatic heterocycles. The summed E-state index contributed by atoms with van der Waals surface area (Å²) >= 11 is 19.4. The van der Waals surface area contributed by atoms with Gasteiger partial charge >= 0.3 is 0 Å². The minimum Gasteiger partial charge on any atom is -0.319 e. The molecule has 6 nitrogen and oxygen atoms in total. The molecule has 0 saturated heterocycles. The molecule has 1 fully saturated rings. The maximum Gasteiger partial charge on any atom is 0.274 e. The van der Waals surface area contributed by atoms with Crippen LogP contribution in [0.3, 0.4) is 0 Å². The maximum atomic E-state index is 13.2. The zero-order chi connectivity index (χ0) is 22.1. The van der Waals surface area contributed by atoms with Gasteiger partial charge in [0.15, 0.2) is 5.82 Å². The lowest BCUT2D eigenvalue weighted by atomic mass is 10.1. The third kappa shape index (κ3) is 5.31. The van der Waals surface area contributed by atoms with E-state index >= 15 is 0 Å². The van der Waals surface area contributed by atoms with E-state index in [1.165, 1.54) is 17.5 Å². The smallest absolute Gasteiger partial charge is 0.274 e. The average Bonchev–Trinajstić information content (AvgIpc) is 3.50. The summed E-state index contributed by atoms with van der Waals surface area (Å²) in [6.07, 6.45) is 4.11. The SMILES string of the molecule is CC(NCc1cc(Cl)cc(Br)c1NC(=O)c1cc(Br)nn1-c1ncccc1Cl)C1CC1. The molecule has 0 aliphatic heterocycles. The Bertz CT molecular complexity index is 1130. The number of rotatable bonds is 7. The van der Waals surface area contributed by atoms with Crippen LogP contribution in [0.4, 0.5) is 5.69 Å². The molecule has 1 amide bonds. The van der Waals surface area contributed by atoms with Crippen molar-refractivity contribution in [2.75, 3.05) is 5.32 Å². The van der Waals surface area contributed by atoms with E-state index in [0.29, 0.717) is 48.9 Å². The van der Waals surface area contributed by atoms with Gasteiger partial charge < -0.3 is 10.6 Å². The van der Waals surface area contributed by atoms with Gasteiger partial charge in [-0.1, -0.05) is 23.2 Å². The van der Waals surface area contributed by atoms with E-state index in [9.17, 15) is 4.79 Å². The maximum absolute atomic E-state index is 13.2. The fourth-order valence-corrected chi connectivity index (χ4v) is 4.88. The molecule has 4 rings (SSSR count). The Labute approximate surface area is 207 Å². The third-order valence-electron chi connectivity index (χ3n) is 5.17. The fourth-order valence-electron chi connectivity index (χ4n) is 3.33. The molecule has 1 unspecified atom stereocenters. The molecule has 0 bridgehead atoms. The quantitative estimate of drug-likeness (QED) is 0.343. The van der Waals surface area contributed by atoms with Crippen LogP contribution in [0.25, 0.3) is 5.82 Å². The van der Waals surface area contributed by atoms with Gasteiger partial charge in [-0.3, -0.25) is 4.79 Å². The molecular weight excluding hydrogens is 569 g/mol. The third-order valence-corrected chi connectivity index (χ3v) is 6.70. The Morgan fingerprint density at radius 3 is 2.77 bits per heavy atom. The lowest BCUT2D eigenvalue weighted by Gasteiger charge is -2.18. The predicted octanol–water partition coefficient (Wildman–Crippen LogP) is 6.24. The summed E-state index contributed by atoms with van der Waals surface area (Å²) < 4.78 is 2.61. The minimum atomic E-state index is -0.348. The molecular formula is C21H19Br2Cl2N5O. The number of halogens is 4. The molecule has 162 valence electrons. The summed E-state index contributed by atoms with van der Waals surface area (Å²) in [5, 5.41) is 11.8. The zero-order valence-corrected chi connectivity index (χ0v) is 21.2. The molecule has 1 aromatic carbocycles. The van der Waals surface area contributed by atoms with Crippen molar-refractivity contribution in [2.45, 2.75) is 32.4 Å². The van der Waals surface area contributed by atoms with Crippen molar-refractivity contribution in [1.82, 2.24) is 20.1 Å². The first-order valence-electron chi connectivity index (χ1n) is 9.72. The van der Waals surface area contributed by atoms with Crippen molar-refractivity contribution in [3.63, 3.8) is 0 Å². The summed E-state index contributed by atoms with van der Waals surface area (Å²) in [5.74, 6) is 0.741. The van der Waals surface area contributed by atoms with Crippen molar-refractivity contribution >= 4 is 66.7 Å². The van der Waals surface area contributed by atoms with Gasteiger partial charge in [0.2, 0.25) is 0 Å². The van der Waals surface area contributed by atoms with E-state index in [2.05, 4.69) is 59.5 Å². The van der Waals surface area contributed by atoms with Gasteiger partial charge in [-0.15, -0.1) is 0 Å². The standard InChI is InChI=1S/C21H19Br2Cl2N5O/c1-11(12-4-5-12)27-10-13-7-14(24)8-15(22)19(13)28-21(31)17-9-18(23)29-30(17)20-16(25)3-2-6-26-20/h2-3,6-9,11-12,27H,4-5,10H2,1H3,(H,28,31).